The Kier molecular flexibility index (Phi) is 10.2. The number of morpholine rings is 1. The van der Waals surface area contributed by atoms with Crippen LogP contribution >= 0.6 is 0 Å². The highest BCUT2D eigenvalue weighted by Crippen LogP contribution is 2.41. The minimum atomic E-state index is -1.21. The Morgan fingerprint density at radius 1 is 0.918 bits per heavy atom. The summed E-state index contributed by atoms with van der Waals surface area (Å²) in [6.07, 6.45) is 0. The summed E-state index contributed by atoms with van der Waals surface area (Å²) in [5.41, 5.74) is 3.84. The van der Waals surface area contributed by atoms with E-state index in [4.69, 9.17) is 18.9 Å². The topological polar surface area (TPSA) is 120 Å². The molecule has 1 fully saturated rings. The van der Waals surface area contributed by atoms with E-state index in [1.165, 1.54) is 43.0 Å². The summed E-state index contributed by atoms with van der Waals surface area (Å²) in [5.74, 6) is -0.405. The van der Waals surface area contributed by atoms with E-state index >= 15 is 0 Å². The fraction of sp³-hybridized carbons (Fsp3) is 0.278. The first-order valence-electron chi connectivity index (χ1n) is 15.7. The predicted molar refractivity (Wildman–Crippen MR) is 181 cm³/mol. The Labute approximate surface area is 282 Å². The molecule has 2 amide bonds. The molecule has 2 heterocycles. The highest BCUT2D eigenvalue weighted by molar-refractivity contribution is 5.98. The lowest BCUT2D eigenvalue weighted by molar-refractivity contribution is -0.140. The molecular weight excluding hydrogens is 631 g/mol. The van der Waals surface area contributed by atoms with Crippen molar-refractivity contribution in [2.24, 2.45) is 0 Å². The molecule has 49 heavy (non-hydrogen) atoms. The molecule has 13 heteroatoms. The highest BCUT2D eigenvalue weighted by Gasteiger charge is 2.34. The van der Waals surface area contributed by atoms with Crippen molar-refractivity contribution in [2.75, 3.05) is 57.8 Å². The van der Waals surface area contributed by atoms with E-state index in [9.17, 15) is 14.0 Å². The van der Waals surface area contributed by atoms with Crippen molar-refractivity contribution in [3.63, 3.8) is 0 Å². The molecule has 254 valence electrons. The number of methoxy groups -OCH3 is 3. The van der Waals surface area contributed by atoms with Crippen LogP contribution < -0.4 is 24.4 Å². The van der Waals surface area contributed by atoms with Gasteiger partial charge in [-0.25, -0.2) is 9.07 Å². The van der Waals surface area contributed by atoms with Crippen LogP contribution in [-0.4, -0.2) is 79.3 Å². The molecule has 5 aromatic rings. The minimum absolute atomic E-state index is 0.0313. The Hall–Kier alpha value is -5.69. The largest absolute Gasteiger partial charge is 0.493 e. The summed E-state index contributed by atoms with van der Waals surface area (Å²) in [6.45, 7) is 2.60. The standard InChI is InChI=1S/C36H37FN6O6/c1-46-31-20-25(21-32(47-2)35(31)48-3)34(36(45)38-27-12-14-28(15-13-27)41-16-18-49-19-17-41)42(22-24-8-10-26(37)11-9-24)33(44)23-43-30-7-5-4-6-29(30)39-40-43/h4-15,20-21,34H,16-19,22-23H2,1-3H3,(H,38,45). The minimum Gasteiger partial charge on any atom is -0.493 e. The summed E-state index contributed by atoms with van der Waals surface area (Å²) >= 11 is 0. The third-order valence-electron chi connectivity index (χ3n) is 8.37. The molecule has 1 N–H and O–H groups in total. The Balaban J connectivity index is 1.41. The summed E-state index contributed by atoms with van der Waals surface area (Å²) in [5, 5.41) is 11.4. The van der Waals surface area contributed by atoms with Crippen molar-refractivity contribution >= 4 is 34.2 Å². The van der Waals surface area contributed by atoms with Gasteiger partial charge in [0.25, 0.3) is 5.91 Å². The lowest BCUT2D eigenvalue weighted by Crippen LogP contribution is -2.42. The number of hydrogen-bond donors (Lipinski definition) is 1. The van der Waals surface area contributed by atoms with Crippen LogP contribution in [0.2, 0.25) is 0 Å². The number of rotatable bonds is 12. The molecule has 12 nitrogen and oxygen atoms in total. The monoisotopic (exact) mass is 668 g/mol. The number of para-hydroxylation sites is 1. The van der Waals surface area contributed by atoms with Gasteiger partial charge in [0.15, 0.2) is 11.5 Å². The van der Waals surface area contributed by atoms with Crippen molar-refractivity contribution < 1.29 is 32.9 Å². The molecule has 1 aliphatic rings. The van der Waals surface area contributed by atoms with Gasteiger partial charge in [0.2, 0.25) is 11.7 Å². The number of carbonyl (C=O) groups excluding carboxylic acids is 2. The molecule has 0 aliphatic carbocycles. The van der Waals surface area contributed by atoms with E-state index in [1.54, 1.807) is 30.3 Å². The molecule has 1 atom stereocenters. The molecule has 1 aromatic heterocycles. The predicted octanol–water partition coefficient (Wildman–Crippen LogP) is 4.84. The summed E-state index contributed by atoms with van der Waals surface area (Å²) in [6, 6.07) is 22.7. The number of ether oxygens (including phenoxy) is 4. The van der Waals surface area contributed by atoms with Crippen molar-refractivity contribution in [2.45, 2.75) is 19.1 Å². The molecule has 6 rings (SSSR count). The number of halogens is 1. The zero-order valence-electron chi connectivity index (χ0n) is 27.5. The van der Waals surface area contributed by atoms with Crippen molar-refractivity contribution in [1.82, 2.24) is 19.9 Å². The van der Waals surface area contributed by atoms with Crippen molar-refractivity contribution in [3.05, 3.63) is 102 Å². The van der Waals surface area contributed by atoms with Gasteiger partial charge in [-0.1, -0.05) is 29.5 Å². The van der Waals surface area contributed by atoms with Crippen LogP contribution in [0.1, 0.15) is 17.2 Å². The number of anilines is 2. The SMILES string of the molecule is COc1cc(C(C(=O)Nc2ccc(N3CCOCC3)cc2)N(Cc2ccc(F)cc2)C(=O)Cn2nnc3ccccc32)cc(OC)c1OC. The molecule has 0 bridgehead atoms. The molecule has 0 saturated carbocycles. The lowest BCUT2D eigenvalue weighted by Gasteiger charge is -2.32. The molecule has 1 unspecified atom stereocenters. The Morgan fingerprint density at radius 2 is 1.59 bits per heavy atom. The maximum Gasteiger partial charge on any atom is 0.251 e. The normalized spacial score (nSPS) is 13.5. The number of hydrogen-bond acceptors (Lipinski definition) is 9. The van der Waals surface area contributed by atoms with Gasteiger partial charge in [-0.3, -0.25) is 9.59 Å². The Morgan fingerprint density at radius 3 is 2.24 bits per heavy atom. The smallest absolute Gasteiger partial charge is 0.251 e. The number of amides is 2. The van der Waals surface area contributed by atoms with Crippen LogP contribution in [0.15, 0.2) is 84.9 Å². The number of nitrogens with zero attached hydrogens (tertiary/aromatic N) is 5. The highest BCUT2D eigenvalue weighted by atomic mass is 19.1. The van der Waals surface area contributed by atoms with Crippen LogP contribution in [0.4, 0.5) is 15.8 Å². The van der Waals surface area contributed by atoms with Gasteiger partial charge in [0.05, 0.1) is 40.1 Å². The van der Waals surface area contributed by atoms with Crippen molar-refractivity contribution in [1.29, 1.82) is 0 Å². The van der Waals surface area contributed by atoms with Crippen LogP contribution in [0, 0.1) is 5.82 Å². The Bertz CT molecular complexity index is 1890. The quantitative estimate of drug-likeness (QED) is 0.199. The van der Waals surface area contributed by atoms with Gasteiger partial charge < -0.3 is 34.1 Å². The molecule has 1 aliphatic heterocycles. The van der Waals surface area contributed by atoms with Gasteiger partial charge in [-0.15, -0.1) is 5.10 Å². The second-order valence-corrected chi connectivity index (χ2v) is 11.4. The third kappa shape index (κ3) is 7.41. The number of aromatic nitrogens is 3. The van der Waals surface area contributed by atoms with Gasteiger partial charge in [0, 0.05) is 31.0 Å². The van der Waals surface area contributed by atoms with E-state index in [0.717, 1.165) is 18.8 Å². The van der Waals surface area contributed by atoms with Gasteiger partial charge in [-0.2, -0.15) is 0 Å². The number of fused-ring (bicyclic) bond motifs is 1. The maximum absolute atomic E-state index is 14.5. The van der Waals surface area contributed by atoms with E-state index in [-0.39, 0.29) is 13.1 Å². The molecule has 0 radical (unpaired) electrons. The molecule has 4 aromatic carbocycles. The van der Waals surface area contributed by atoms with Crippen LogP contribution in [0.25, 0.3) is 11.0 Å². The van der Waals surface area contributed by atoms with Crippen LogP contribution in [-0.2, 0) is 27.4 Å². The average molecular weight is 669 g/mol. The second kappa shape index (κ2) is 15.0. The van der Waals surface area contributed by atoms with Crippen LogP contribution in [0.3, 0.4) is 0 Å². The molecule has 1 saturated heterocycles. The van der Waals surface area contributed by atoms with Crippen molar-refractivity contribution in [3.8, 4) is 17.2 Å². The van der Waals surface area contributed by atoms with Gasteiger partial charge in [0.1, 0.15) is 23.9 Å². The first-order valence-corrected chi connectivity index (χ1v) is 15.7. The van der Waals surface area contributed by atoms with Gasteiger partial charge >= 0.3 is 0 Å². The summed E-state index contributed by atoms with van der Waals surface area (Å²) in [4.78, 5) is 32.6. The van der Waals surface area contributed by atoms with Crippen LogP contribution in [0.5, 0.6) is 17.2 Å². The van der Waals surface area contributed by atoms with E-state index in [1.807, 2.05) is 42.5 Å². The van der Waals surface area contributed by atoms with E-state index in [0.29, 0.717) is 58.3 Å². The maximum atomic E-state index is 14.5. The molecule has 0 spiro atoms. The number of carbonyl (C=O) groups is 2. The molecular formula is C36H37FN6O6. The van der Waals surface area contributed by atoms with Gasteiger partial charge in [-0.05, 0) is 71.8 Å². The average Bonchev–Trinajstić information content (AvgIpc) is 3.54. The van der Waals surface area contributed by atoms with E-state index < -0.39 is 23.7 Å². The number of nitrogens with one attached hydrogen (secondary N) is 1. The third-order valence-corrected chi connectivity index (χ3v) is 8.37. The zero-order valence-corrected chi connectivity index (χ0v) is 27.5. The summed E-state index contributed by atoms with van der Waals surface area (Å²) in [7, 11) is 4.43. The first-order chi connectivity index (χ1) is 23.9. The first kappa shape index (κ1) is 33.2. The number of benzene rings is 4. The van der Waals surface area contributed by atoms with E-state index in [2.05, 4.69) is 20.5 Å². The lowest BCUT2D eigenvalue weighted by atomic mass is 10.0. The second-order valence-electron chi connectivity index (χ2n) is 11.4. The fourth-order valence-electron chi connectivity index (χ4n) is 5.88. The zero-order chi connectivity index (χ0) is 34.3. The fourth-order valence-corrected chi connectivity index (χ4v) is 5.88. The summed E-state index contributed by atoms with van der Waals surface area (Å²) < 4.78 is 37.7.